The molecule has 0 aliphatic rings. The zero-order valence-electron chi connectivity index (χ0n) is 16.1. The summed E-state index contributed by atoms with van der Waals surface area (Å²) in [7, 11) is 0. The number of hydrogen-bond acceptors (Lipinski definition) is 3. The van der Waals surface area contributed by atoms with Crippen molar-refractivity contribution in [2.24, 2.45) is 0 Å². The second-order valence-corrected chi connectivity index (χ2v) is 6.75. The second-order valence-electron chi connectivity index (χ2n) is 6.75. The number of benzene rings is 2. The van der Waals surface area contributed by atoms with Gasteiger partial charge in [0.1, 0.15) is 5.82 Å². The molecular formula is C25H21N3. The summed E-state index contributed by atoms with van der Waals surface area (Å²) in [6, 6.07) is 16.1. The van der Waals surface area contributed by atoms with E-state index in [1.165, 1.54) is 22.8 Å². The number of nitrogens with zero attached hydrogens (tertiary/aromatic N) is 3. The molecule has 0 atom stereocenters. The fraction of sp³-hybridized carbons (Fsp3) is 0.160. The van der Waals surface area contributed by atoms with Crippen LogP contribution in [0.25, 0.3) is 6.08 Å². The lowest BCUT2D eigenvalue weighted by Crippen LogP contribution is -2.03. The molecule has 1 aromatic heterocycles. The van der Waals surface area contributed by atoms with Crippen LogP contribution in [-0.2, 0) is 12.8 Å². The maximum Gasteiger partial charge on any atom is 0.132 e. The zero-order valence-corrected chi connectivity index (χ0v) is 16.1. The van der Waals surface area contributed by atoms with Crippen LogP contribution in [0.3, 0.4) is 0 Å². The van der Waals surface area contributed by atoms with Crippen molar-refractivity contribution in [3.05, 3.63) is 99.6 Å². The minimum Gasteiger partial charge on any atom is -0.241 e. The van der Waals surface area contributed by atoms with E-state index < -0.39 is 0 Å². The normalized spacial score (nSPS) is 10.6. The highest BCUT2D eigenvalue weighted by atomic mass is 14.9. The summed E-state index contributed by atoms with van der Waals surface area (Å²) < 4.78 is 0. The van der Waals surface area contributed by atoms with Crippen molar-refractivity contribution in [3.63, 3.8) is 0 Å². The fourth-order valence-corrected chi connectivity index (χ4v) is 3.24. The van der Waals surface area contributed by atoms with Gasteiger partial charge in [0.25, 0.3) is 0 Å². The molecule has 0 spiro atoms. The molecule has 0 bridgehead atoms. The summed E-state index contributed by atoms with van der Waals surface area (Å²) in [4.78, 5) is 9.17. The average Bonchev–Trinajstić information content (AvgIpc) is 2.70. The molecular weight excluding hydrogens is 342 g/mol. The van der Waals surface area contributed by atoms with Crippen molar-refractivity contribution in [2.45, 2.75) is 26.7 Å². The van der Waals surface area contributed by atoms with Crippen LogP contribution in [0.15, 0.2) is 54.7 Å². The molecule has 0 saturated heterocycles. The molecule has 0 radical (unpaired) electrons. The van der Waals surface area contributed by atoms with E-state index in [4.69, 9.17) is 16.7 Å². The SMILES string of the molecule is C#Cc1ccc(Cc2nccc(Cc3c(C)cc(/C=C/C#N)cc3C)n2)cc1. The third-order valence-electron chi connectivity index (χ3n) is 4.67. The summed E-state index contributed by atoms with van der Waals surface area (Å²) in [6.45, 7) is 4.20. The van der Waals surface area contributed by atoms with E-state index in [0.717, 1.165) is 34.6 Å². The Morgan fingerprint density at radius 3 is 2.39 bits per heavy atom. The van der Waals surface area contributed by atoms with E-state index >= 15 is 0 Å². The molecule has 0 N–H and O–H groups in total. The zero-order chi connectivity index (χ0) is 19.9. The predicted molar refractivity (Wildman–Crippen MR) is 113 cm³/mol. The van der Waals surface area contributed by atoms with Gasteiger partial charge in [0.05, 0.1) is 6.07 Å². The molecule has 136 valence electrons. The van der Waals surface area contributed by atoms with Crippen LogP contribution in [0, 0.1) is 37.5 Å². The van der Waals surface area contributed by atoms with Gasteiger partial charge in [0, 0.05) is 36.4 Å². The first-order chi connectivity index (χ1) is 13.6. The van der Waals surface area contributed by atoms with Crippen LogP contribution >= 0.6 is 0 Å². The van der Waals surface area contributed by atoms with Gasteiger partial charge in [0.15, 0.2) is 0 Å². The molecule has 3 aromatic rings. The predicted octanol–water partition coefficient (Wildman–Crippen LogP) is 4.79. The van der Waals surface area contributed by atoms with Crippen LogP contribution < -0.4 is 0 Å². The van der Waals surface area contributed by atoms with Crippen LogP contribution in [0.2, 0.25) is 0 Å². The molecule has 3 nitrogen and oxygen atoms in total. The van der Waals surface area contributed by atoms with Gasteiger partial charge in [0.2, 0.25) is 0 Å². The third-order valence-corrected chi connectivity index (χ3v) is 4.67. The maximum absolute atomic E-state index is 8.71. The Bertz CT molecular complexity index is 1070. The highest BCUT2D eigenvalue weighted by molar-refractivity contribution is 5.56. The van der Waals surface area contributed by atoms with E-state index in [1.54, 1.807) is 0 Å². The van der Waals surface area contributed by atoms with Gasteiger partial charge in [-0.3, -0.25) is 0 Å². The lowest BCUT2D eigenvalue weighted by molar-refractivity contribution is 0.912. The number of allylic oxidation sites excluding steroid dienone is 1. The first-order valence-corrected chi connectivity index (χ1v) is 9.11. The molecule has 28 heavy (non-hydrogen) atoms. The number of rotatable bonds is 5. The average molecular weight is 363 g/mol. The number of aryl methyl sites for hydroxylation is 2. The number of terminal acetylenes is 1. The van der Waals surface area contributed by atoms with E-state index in [0.29, 0.717) is 6.42 Å². The Morgan fingerprint density at radius 1 is 1.04 bits per heavy atom. The van der Waals surface area contributed by atoms with Crippen LogP contribution in [0.5, 0.6) is 0 Å². The minimum atomic E-state index is 0.675. The van der Waals surface area contributed by atoms with E-state index in [2.05, 4.69) is 36.9 Å². The monoisotopic (exact) mass is 363 g/mol. The lowest BCUT2D eigenvalue weighted by Gasteiger charge is -2.12. The van der Waals surface area contributed by atoms with Gasteiger partial charge in [-0.25, -0.2) is 9.97 Å². The Morgan fingerprint density at radius 2 is 1.75 bits per heavy atom. The minimum absolute atomic E-state index is 0.675. The molecule has 0 unspecified atom stereocenters. The van der Waals surface area contributed by atoms with Crippen LogP contribution in [-0.4, -0.2) is 9.97 Å². The van der Waals surface area contributed by atoms with Gasteiger partial charge in [-0.2, -0.15) is 5.26 Å². The van der Waals surface area contributed by atoms with Crippen LogP contribution in [0.1, 0.15) is 44.9 Å². The van der Waals surface area contributed by atoms with Gasteiger partial charge in [-0.15, -0.1) is 6.42 Å². The summed E-state index contributed by atoms with van der Waals surface area (Å²) >= 11 is 0. The van der Waals surface area contributed by atoms with Crippen molar-refractivity contribution < 1.29 is 0 Å². The molecule has 0 aliphatic heterocycles. The molecule has 2 aromatic carbocycles. The molecule has 3 rings (SSSR count). The van der Waals surface area contributed by atoms with Gasteiger partial charge in [-0.05, 0) is 65.9 Å². The van der Waals surface area contributed by atoms with Gasteiger partial charge >= 0.3 is 0 Å². The number of hydrogen-bond donors (Lipinski definition) is 0. The fourth-order valence-electron chi connectivity index (χ4n) is 3.24. The molecule has 0 aliphatic carbocycles. The van der Waals surface area contributed by atoms with Gasteiger partial charge < -0.3 is 0 Å². The topological polar surface area (TPSA) is 49.6 Å². The first kappa shape index (κ1) is 19.1. The number of nitriles is 1. The standard InChI is InChI=1S/C25H21N3/c1-4-20-7-9-21(10-8-20)16-25-27-13-11-23(28-25)17-24-18(2)14-22(6-5-12-26)15-19(24)3/h1,5-11,13-15H,16-17H2,2-3H3/b6-5+. The molecule has 0 amide bonds. The highest BCUT2D eigenvalue weighted by Gasteiger charge is 2.08. The quantitative estimate of drug-likeness (QED) is 0.483. The largest absolute Gasteiger partial charge is 0.241 e. The molecule has 3 heteroatoms. The third kappa shape index (κ3) is 4.72. The summed E-state index contributed by atoms with van der Waals surface area (Å²) in [6.07, 6.45) is 12.0. The highest BCUT2D eigenvalue weighted by Crippen LogP contribution is 2.21. The van der Waals surface area contributed by atoms with E-state index in [-0.39, 0.29) is 0 Å². The maximum atomic E-state index is 8.71. The second kappa shape index (κ2) is 8.80. The Hall–Kier alpha value is -3.69. The summed E-state index contributed by atoms with van der Waals surface area (Å²) in [5, 5.41) is 8.71. The molecule has 0 fully saturated rings. The Labute approximate surface area is 166 Å². The first-order valence-electron chi connectivity index (χ1n) is 9.11. The summed E-state index contributed by atoms with van der Waals surface area (Å²) in [5.41, 5.74) is 7.70. The molecule has 1 heterocycles. The van der Waals surface area contributed by atoms with E-state index in [1.807, 2.05) is 48.7 Å². The van der Waals surface area contributed by atoms with Crippen molar-refractivity contribution >= 4 is 6.08 Å². The lowest BCUT2D eigenvalue weighted by atomic mass is 9.95. The van der Waals surface area contributed by atoms with Crippen molar-refractivity contribution in [3.8, 4) is 18.4 Å². The molecule has 0 saturated carbocycles. The summed E-state index contributed by atoms with van der Waals surface area (Å²) in [5.74, 6) is 3.43. The Kier molecular flexibility index (Phi) is 6.00. The Balaban J connectivity index is 1.80. The van der Waals surface area contributed by atoms with E-state index in [9.17, 15) is 0 Å². The van der Waals surface area contributed by atoms with Crippen molar-refractivity contribution in [2.75, 3.05) is 0 Å². The number of aromatic nitrogens is 2. The smallest absolute Gasteiger partial charge is 0.132 e. The van der Waals surface area contributed by atoms with Crippen molar-refractivity contribution in [1.29, 1.82) is 5.26 Å². The van der Waals surface area contributed by atoms with Gasteiger partial charge in [-0.1, -0.05) is 30.2 Å². The van der Waals surface area contributed by atoms with Crippen LogP contribution in [0.4, 0.5) is 0 Å². The van der Waals surface area contributed by atoms with Crippen molar-refractivity contribution in [1.82, 2.24) is 9.97 Å².